The molecule has 0 saturated carbocycles. The molecule has 0 spiro atoms. The predicted molar refractivity (Wildman–Crippen MR) is 109 cm³/mol. The minimum Gasteiger partial charge on any atom is -0.311 e. The number of pyridine rings is 2. The van der Waals surface area contributed by atoms with E-state index in [1.807, 2.05) is 0 Å². The molecule has 0 unspecified atom stereocenters. The maximum atomic E-state index is 12.8. The molecule has 0 fully saturated rings. The number of nitrogens with zero attached hydrogens (tertiary/aromatic N) is 2. The number of amides is 1. The van der Waals surface area contributed by atoms with E-state index in [1.165, 1.54) is 13.1 Å². The quantitative estimate of drug-likeness (QED) is 0.624. The first-order chi connectivity index (χ1) is 14.5. The van der Waals surface area contributed by atoms with E-state index in [0.29, 0.717) is 28.2 Å². The SMILES string of the molecule is CC(=O)Nc1cc(-c2cnc(C)c(CS(=O)(=O)c3ccc(C(F)(F)F)cc3)c2)ccn1. The van der Waals surface area contributed by atoms with Gasteiger partial charge >= 0.3 is 6.18 Å². The zero-order valence-electron chi connectivity index (χ0n) is 16.6. The largest absolute Gasteiger partial charge is 0.416 e. The van der Waals surface area contributed by atoms with Crippen LogP contribution in [0.5, 0.6) is 0 Å². The predicted octanol–water partition coefficient (Wildman–Crippen LogP) is 4.40. The summed E-state index contributed by atoms with van der Waals surface area (Å²) in [6.45, 7) is 3.00. The van der Waals surface area contributed by atoms with Gasteiger partial charge in [-0.05, 0) is 60.5 Å². The van der Waals surface area contributed by atoms with Crippen LogP contribution in [-0.2, 0) is 26.6 Å². The minimum atomic E-state index is -4.54. The third kappa shape index (κ3) is 5.46. The maximum absolute atomic E-state index is 12.8. The van der Waals surface area contributed by atoms with Crippen LogP contribution in [0.25, 0.3) is 11.1 Å². The lowest BCUT2D eigenvalue weighted by atomic mass is 10.1. The number of hydrogen-bond donors (Lipinski definition) is 1. The van der Waals surface area contributed by atoms with E-state index in [4.69, 9.17) is 0 Å². The molecule has 10 heteroatoms. The Balaban J connectivity index is 1.91. The molecule has 0 bridgehead atoms. The van der Waals surface area contributed by atoms with E-state index in [0.717, 1.165) is 24.3 Å². The third-order valence-electron chi connectivity index (χ3n) is 4.48. The van der Waals surface area contributed by atoms with Crippen molar-refractivity contribution in [2.24, 2.45) is 0 Å². The number of hydrogen-bond acceptors (Lipinski definition) is 5. The monoisotopic (exact) mass is 449 g/mol. The van der Waals surface area contributed by atoms with E-state index in [9.17, 15) is 26.4 Å². The fourth-order valence-electron chi connectivity index (χ4n) is 2.88. The van der Waals surface area contributed by atoms with Crippen molar-refractivity contribution in [2.45, 2.75) is 30.7 Å². The van der Waals surface area contributed by atoms with Gasteiger partial charge in [0.1, 0.15) is 5.82 Å². The first-order valence-corrected chi connectivity index (χ1v) is 10.7. The van der Waals surface area contributed by atoms with E-state index < -0.39 is 27.3 Å². The molecule has 3 aromatic rings. The standard InChI is InChI=1S/C21H18F3N3O3S/c1-13-17(12-31(29,30)19-5-3-18(4-6-19)21(22,23)24)9-16(11-26-13)15-7-8-25-20(10-15)27-14(2)28/h3-11H,12H2,1-2H3,(H,25,27,28). The van der Waals surface area contributed by atoms with Crippen molar-refractivity contribution in [3.63, 3.8) is 0 Å². The van der Waals surface area contributed by atoms with Gasteiger partial charge in [0, 0.05) is 30.6 Å². The van der Waals surface area contributed by atoms with Crippen LogP contribution in [0.3, 0.4) is 0 Å². The Morgan fingerprint density at radius 2 is 1.71 bits per heavy atom. The zero-order valence-corrected chi connectivity index (χ0v) is 17.4. The molecule has 2 heterocycles. The van der Waals surface area contributed by atoms with Gasteiger partial charge in [-0.3, -0.25) is 9.78 Å². The van der Waals surface area contributed by atoms with E-state index in [-0.39, 0.29) is 10.8 Å². The maximum Gasteiger partial charge on any atom is 0.416 e. The summed E-state index contributed by atoms with van der Waals surface area (Å²) >= 11 is 0. The fourth-order valence-corrected chi connectivity index (χ4v) is 4.30. The van der Waals surface area contributed by atoms with Crippen molar-refractivity contribution in [2.75, 3.05) is 5.32 Å². The number of halogens is 3. The molecule has 162 valence electrons. The number of benzene rings is 1. The van der Waals surface area contributed by atoms with Gasteiger partial charge in [0.05, 0.1) is 16.2 Å². The lowest BCUT2D eigenvalue weighted by Crippen LogP contribution is -2.09. The summed E-state index contributed by atoms with van der Waals surface area (Å²) in [4.78, 5) is 19.3. The van der Waals surface area contributed by atoms with Gasteiger partial charge in [0.15, 0.2) is 9.84 Å². The molecule has 0 radical (unpaired) electrons. The number of rotatable bonds is 5. The summed E-state index contributed by atoms with van der Waals surface area (Å²) in [5.41, 5.74) is 1.25. The molecular formula is C21H18F3N3O3S. The fraction of sp³-hybridized carbons (Fsp3) is 0.190. The number of alkyl halides is 3. The number of carbonyl (C=O) groups excluding carboxylic acids is 1. The Kier molecular flexibility index (Phi) is 6.12. The van der Waals surface area contributed by atoms with E-state index in [1.54, 1.807) is 31.3 Å². The summed E-state index contributed by atoms with van der Waals surface area (Å²) in [5.74, 6) is -0.367. The molecule has 0 aliphatic rings. The molecule has 0 aliphatic heterocycles. The molecule has 6 nitrogen and oxygen atoms in total. The van der Waals surface area contributed by atoms with Crippen LogP contribution in [-0.4, -0.2) is 24.3 Å². The summed E-state index contributed by atoms with van der Waals surface area (Å²) in [7, 11) is -3.90. The normalized spacial score (nSPS) is 11.9. The lowest BCUT2D eigenvalue weighted by molar-refractivity contribution is -0.137. The highest BCUT2D eigenvalue weighted by molar-refractivity contribution is 7.90. The number of anilines is 1. The Morgan fingerprint density at radius 1 is 1.03 bits per heavy atom. The van der Waals surface area contributed by atoms with Crippen LogP contribution in [0.2, 0.25) is 0 Å². The second-order valence-corrected chi connectivity index (χ2v) is 8.85. The Bertz CT molecular complexity index is 1220. The molecule has 31 heavy (non-hydrogen) atoms. The second-order valence-electron chi connectivity index (χ2n) is 6.86. The van der Waals surface area contributed by atoms with Crippen molar-refractivity contribution in [3.05, 3.63) is 71.7 Å². The van der Waals surface area contributed by atoms with Gasteiger partial charge in [-0.1, -0.05) is 0 Å². The molecule has 1 N–H and O–H groups in total. The summed E-state index contributed by atoms with van der Waals surface area (Å²) in [6.07, 6.45) is -1.48. The van der Waals surface area contributed by atoms with Crippen LogP contribution < -0.4 is 5.32 Å². The molecule has 0 atom stereocenters. The van der Waals surface area contributed by atoms with Crippen molar-refractivity contribution in [3.8, 4) is 11.1 Å². The highest BCUT2D eigenvalue weighted by Crippen LogP contribution is 2.31. The smallest absolute Gasteiger partial charge is 0.311 e. The van der Waals surface area contributed by atoms with Crippen LogP contribution in [0, 0.1) is 6.92 Å². The summed E-state index contributed by atoms with van der Waals surface area (Å²) < 4.78 is 63.7. The van der Waals surface area contributed by atoms with Gasteiger partial charge in [0.25, 0.3) is 0 Å². The van der Waals surface area contributed by atoms with Gasteiger partial charge in [0.2, 0.25) is 5.91 Å². The van der Waals surface area contributed by atoms with Crippen molar-refractivity contribution >= 4 is 21.6 Å². The first kappa shape index (κ1) is 22.4. The number of aromatic nitrogens is 2. The van der Waals surface area contributed by atoms with Gasteiger partial charge in [-0.2, -0.15) is 13.2 Å². The van der Waals surface area contributed by atoms with Crippen LogP contribution in [0.15, 0.2) is 59.8 Å². The Hall–Kier alpha value is -3.27. The molecule has 0 saturated heterocycles. The topological polar surface area (TPSA) is 89.0 Å². The van der Waals surface area contributed by atoms with Crippen molar-refractivity contribution < 1.29 is 26.4 Å². The average Bonchev–Trinajstić information content (AvgIpc) is 2.69. The second kappa shape index (κ2) is 8.46. The average molecular weight is 449 g/mol. The summed E-state index contributed by atoms with van der Waals surface area (Å²) in [6, 6.07) is 8.36. The number of nitrogens with one attached hydrogen (secondary N) is 1. The van der Waals surface area contributed by atoms with Gasteiger partial charge in [-0.15, -0.1) is 0 Å². The van der Waals surface area contributed by atoms with Crippen molar-refractivity contribution in [1.82, 2.24) is 9.97 Å². The Morgan fingerprint density at radius 3 is 2.32 bits per heavy atom. The third-order valence-corrected chi connectivity index (χ3v) is 6.16. The zero-order chi connectivity index (χ0) is 22.8. The molecule has 1 amide bonds. The number of carbonyl (C=O) groups is 1. The number of aryl methyl sites for hydroxylation is 1. The van der Waals surface area contributed by atoms with Gasteiger partial charge < -0.3 is 5.32 Å². The van der Waals surface area contributed by atoms with Crippen LogP contribution in [0.4, 0.5) is 19.0 Å². The highest BCUT2D eigenvalue weighted by Gasteiger charge is 2.30. The van der Waals surface area contributed by atoms with Crippen molar-refractivity contribution in [1.29, 1.82) is 0 Å². The van der Waals surface area contributed by atoms with Crippen LogP contribution >= 0.6 is 0 Å². The summed E-state index contributed by atoms with van der Waals surface area (Å²) in [5, 5.41) is 2.57. The van der Waals surface area contributed by atoms with Gasteiger partial charge in [-0.25, -0.2) is 13.4 Å². The molecule has 0 aliphatic carbocycles. The molecule has 3 rings (SSSR count). The molecule has 2 aromatic heterocycles. The highest BCUT2D eigenvalue weighted by atomic mass is 32.2. The minimum absolute atomic E-state index is 0.206. The first-order valence-electron chi connectivity index (χ1n) is 9.05. The van der Waals surface area contributed by atoms with E-state index >= 15 is 0 Å². The van der Waals surface area contributed by atoms with E-state index in [2.05, 4.69) is 15.3 Å². The Labute approximate surface area is 177 Å². The molecule has 1 aromatic carbocycles. The van der Waals surface area contributed by atoms with Crippen LogP contribution in [0.1, 0.15) is 23.7 Å². The lowest BCUT2D eigenvalue weighted by Gasteiger charge is -2.11. The molecular weight excluding hydrogens is 431 g/mol. The number of sulfone groups is 1.